The van der Waals surface area contributed by atoms with Gasteiger partial charge >= 0.3 is 5.97 Å². The average Bonchev–Trinajstić information content (AvgIpc) is 2.82. The van der Waals surface area contributed by atoms with E-state index >= 15 is 0 Å². The number of Topliss-reactive ketones (excluding diaryl/α,β-unsaturated/α-hetero) is 1. The van der Waals surface area contributed by atoms with E-state index in [1.54, 1.807) is 13.0 Å². The van der Waals surface area contributed by atoms with Crippen LogP contribution >= 0.6 is 0 Å². The van der Waals surface area contributed by atoms with Crippen LogP contribution < -0.4 is 0 Å². The van der Waals surface area contributed by atoms with E-state index < -0.39 is 11.9 Å². The van der Waals surface area contributed by atoms with Crippen LogP contribution in [0.1, 0.15) is 40.0 Å². The molecule has 3 aliphatic rings. The summed E-state index contributed by atoms with van der Waals surface area (Å²) in [5, 5.41) is 10.9. The molecule has 0 radical (unpaired) electrons. The van der Waals surface area contributed by atoms with Crippen LogP contribution in [0.2, 0.25) is 0 Å². The van der Waals surface area contributed by atoms with Crippen LogP contribution in [-0.4, -0.2) is 34.9 Å². The molecule has 3 heterocycles. The highest BCUT2D eigenvalue weighted by Gasteiger charge is 2.42. The SMILES string of the molecule is C=C(C)[C@@H]1CCC2=C[C@H](C/C(C)=C\[C@@]3(O)C=C(C)C(=O)[C@H]1O3)OC2=O. The highest BCUT2D eigenvalue weighted by molar-refractivity contribution is 5.99. The number of hydrogen-bond acceptors (Lipinski definition) is 5. The summed E-state index contributed by atoms with van der Waals surface area (Å²) in [5.41, 5.74) is 2.72. The fraction of sp³-hybridized carbons (Fsp3) is 0.500. The Morgan fingerprint density at radius 2 is 2.04 bits per heavy atom. The third-order valence-corrected chi connectivity index (χ3v) is 4.99. The number of hydrogen-bond donors (Lipinski definition) is 1. The molecule has 0 saturated heterocycles. The second kappa shape index (κ2) is 6.39. The number of fused-ring (bicyclic) bond motifs is 3. The number of rotatable bonds is 1. The first-order chi connectivity index (χ1) is 11.7. The van der Waals surface area contributed by atoms with Gasteiger partial charge in [0.15, 0.2) is 5.78 Å². The third kappa shape index (κ3) is 3.53. The van der Waals surface area contributed by atoms with E-state index in [-0.39, 0.29) is 23.8 Å². The van der Waals surface area contributed by atoms with E-state index in [1.807, 2.05) is 19.9 Å². The summed E-state index contributed by atoms with van der Waals surface area (Å²) in [6.45, 7) is 9.36. The van der Waals surface area contributed by atoms with E-state index in [0.717, 1.165) is 11.1 Å². The molecule has 0 fully saturated rings. The van der Waals surface area contributed by atoms with Crippen molar-refractivity contribution in [2.75, 3.05) is 0 Å². The molecule has 5 nitrogen and oxygen atoms in total. The zero-order valence-corrected chi connectivity index (χ0v) is 14.9. The molecule has 3 rings (SSSR count). The van der Waals surface area contributed by atoms with Crippen molar-refractivity contribution >= 4 is 11.8 Å². The van der Waals surface area contributed by atoms with Gasteiger partial charge in [-0.05, 0) is 57.4 Å². The Morgan fingerprint density at radius 3 is 2.72 bits per heavy atom. The van der Waals surface area contributed by atoms with E-state index in [1.165, 1.54) is 6.08 Å². The van der Waals surface area contributed by atoms with Crippen molar-refractivity contribution < 1.29 is 24.2 Å². The monoisotopic (exact) mass is 344 g/mol. The van der Waals surface area contributed by atoms with Crippen molar-refractivity contribution in [1.29, 1.82) is 0 Å². The van der Waals surface area contributed by atoms with Crippen molar-refractivity contribution in [2.45, 2.75) is 58.0 Å². The Hall–Kier alpha value is -1.98. The molecule has 1 N–H and O–H groups in total. The Bertz CT molecular complexity index is 726. The molecule has 0 aromatic rings. The summed E-state index contributed by atoms with van der Waals surface area (Å²) in [6.07, 6.45) is 5.25. The first kappa shape index (κ1) is 17.8. The fourth-order valence-electron chi connectivity index (χ4n) is 3.76. The van der Waals surface area contributed by atoms with Gasteiger partial charge < -0.3 is 14.6 Å². The molecule has 134 valence electrons. The number of carbonyl (C=O) groups is 2. The van der Waals surface area contributed by atoms with Gasteiger partial charge in [-0.25, -0.2) is 4.79 Å². The van der Waals surface area contributed by atoms with Gasteiger partial charge in [0.1, 0.15) is 12.2 Å². The van der Waals surface area contributed by atoms with E-state index in [9.17, 15) is 14.7 Å². The molecular weight excluding hydrogens is 320 g/mol. The van der Waals surface area contributed by atoms with Crippen LogP contribution in [0.5, 0.6) is 0 Å². The minimum Gasteiger partial charge on any atom is -0.454 e. The van der Waals surface area contributed by atoms with Gasteiger partial charge in [-0.1, -0.05) is 17.7 Å². The lowest BCUT2D eigenvalue weighted by Gasteiger charge is -2.37. The fourth-order valence-corrected chi connectivity index (χ4v) is 3.76. The van der Waals surface area contributed by atoms with Crippen molar-refractivity contribution in [3.63, 3.8) is 0 Å². The van der Waals surface area contributed by atoms with Gasteiger partial charge in [-0.3, -0.25) is 4.79 Å². The van der Waals surface area contributed by atoms with Crippen molar-refractivity contribution in [3.05, 3.63) is 47.1 Å². The molecule has 0 amide bonds. The maximum Gasteiger partial charge on any atom is 0.334 e. The Balaban J connectivity index is 2.05. The summed E-state index contributed by atoms with van der Waals surface area (Å²) in [5.74, 6) is -2.39. The van der Waals surface area contributed by atoms with Gasteiger partial charge in [0, 0.05) is 17.9 Å². The van der Waals surface area contributed by atoms with Gasteiger partial charge in [0.25, 0.3) is 0 Å². The third-order valence-electron chi connectivity index (χ3n) is 4.99. The van der Waals surface area contributed by atoms with Crippen LogP contribution in [0.15, 0.2) is 47.1 Å². The quantitative estimate of drug-likeness (QED) is 0.585. The lowest BCUT2D eigenvalue weighted by atomic mass is 9.83. The molecule has 4 bridgehead atoms. The normalized spacial score (nSPS) is 37.8. The number of aliphatic hydroxyl groups is 1. The predicted molar refractivity (Wildman–Crippen MR) is 92.5 cm³/mol. The van der Waals surface area contributed by atoms with E-state index in [4.69, 9.17) is 9.47 Å². The predicted octanol–water partition coefficient (Wildman–Crippen LogP) is 2.76. The first-order valence-electron chi connectivity index (χ1n) is 8.58. The summed E-state index contributed by atoms with van der Waals surface area (Å²) < 4.78 is 11.2. The molecule has 0 saturated carbocycles. The average molecular weight is 344 g/mol. The maximum absolute atomic E-state index is 12.6. The molecular formula is C20H24O5. The van der Waals surface area contributed by atoms with Crippen LogP contribution in [0, 0.1) is 5.92 Å². The summed E-state index contributed by atoms with van der Waals surface area (Å²) in [4.78, 5) is 24.7. The second-order valence-electron chi connectivity index (χ2n) is 7.30. The Labute approximate surface area is 147 Å². The molecule has 0 spiro atoms. The van der Waals surface area contributed by atoms with Crippen molar-refractivity contribution in [1.82, 2.24) is 0 Å². The summed E-state index contributed by atoms with van der Waals surface area (Å²) in [7, 11) is 0. The zero-order chi connectivity index (χ0) is 18.4. The molecule has 0 aromatic carbocycles. The number of ether oxygens (including phenoxy) is 2. The van der Waals surface area contributed by atoms with Crippen LogP contribution in [-0.2, 0) is 19.1 Å². The molecule has 0 unspecified atom stereocenters. The van der Waals surface area contributed by atoms with Crippen LogP contribution in [0.4, 0.5) is 0 Å². The van der Waals surface area contributed by atoms with Gasteiger partial charge in [0.05, 0.1) is 0 Å². The second-order valence-corrected chi connectivity index (χ2v) is 7.30. The molecule has 4 atom stereocenters. The highest BCUT2D eigenvalue weighted by Crippen LogP contribution is 2.36. The molecule has 25 heavy (non-hydrogen) atoms. The van der Waals surface area contributed by atoms with Crippen LogP contribution in [0.25, 0.3) is 0 Å². The van der Waals surface area contributed by atoms with E-state index in [0.29, 0.717) is 30.4 Å². The van der Waals surface area contributed by atoms with Gasteiger partial charge in [-0.15, -0.1) is 0 Å². The minimum absolute atomic E-state index is 0.151. The molecule has 0 aliphatic carbocycles. The summed E-state index contributed by atoms with van der Waals surface area (Å²) >= 11 is 0. The Morgan fingerprint density at radius 1 is 1.32 bits per heavy atom. The van der Waals surface area contributed by atoms with Crippen LogP contribution in [0.3, 0.4) is 0 Å². The summed E-state index contributed by atoms with van der Waals surface area (Å²) in [6, 6.07) is 0. The number of carbonyl (C=O) groups excluding carboxylic acids is 2. The lowest BCUT2D eigenvalue weighted by Crippen LogP contribution is -2.46. The van der Waals surface area contributed by atoms with Crippen molar-refractivity contribution in [3.8, 4) is 0 Å². The highest BCUT2D eigenvalue weighted by atomic mass is 16.6. The first-order valence-corrected chi connectivity index (χ1v) is 8.58. The van der Waals surface area contributed by atoms with E-state index in [2.05, 4.69) is 6.58 Å². The van der Waals surface area contributed by atoms with Crippen molar-refractivity contribution in [2.24, 2.45) is 5.92 Å². The molecule has 3 aliphatic heterocycles. The number of ketones is 1. The molecule has 5 heteroatoms. The number of esters is 1. The zero-order valence-electron chi connectivity index (χ0n) is 14.9. The van der Waals surface area contributed by atoms with Gasteiger partial charge in [-0.2, -0.15) is 0 Å². The lowest BCUT2D eigenvalue weighted by molar-refractivity contribution is -0.187. The smallest absolute Gasteiger partial charge is 0.334 e. The largest absolute Gasteiger partial charge is 0.454 e. The standard InChI is InChI=1S/C20H24O5/c1-11(2)16-6-5-14-8-15(24-19(14)22)7-12(3)9-20(23)10-13(4)17(21)18(16)25-20/h8-10,15-16,18,23H,1,5-7H2,2-4H3/b12-9-/t15-,16-,18-,20-/m0/s1. The minimum atomic E-state index is -1.64. The topological polar surface area (TPSA) is 72.8 Å². The molecule has 0 aromatic heterocycles. The Kier molecular flexibility index (Phi) is 4.56. The maximum atomic E-state index is 12.6. The van der Waals surface area contributed by atoms with Gasteiger partial charge in [0.2, 0.25) is 5.79 Å².